The van der Waals surface area contributed by atoms with Crippen molar-refractivity contribution in [1.29, 1.82) is 0 Å². The summed E-state index contributed by atoms with van der Waals surface area (Å²) in [5.41, 5.74) is 3.16. The molecule has 0 aromatic heterocycles. The number of aliphatic carboxylic acids is 1. The van der Waals surface area contributed by atoms with Crippen molar-refractivity contribution in [2.45, 2.75) is 57.8 Å². The van der Waals surface area contributed by atoms with E-state index in [9.17, 15) is 4.79 Å². The van der Waals surface area contributed by atoms with E-state index < -0.39 is 5.97 Å². The fourth-order valence-electron chi connectivity index (χ4n) is 3.26. The van der Waals surface area contributed by atoms with Gasteiger partial charge in [-0.1, -0.05) is 50.7 Å². The number of carboxylic acids is 1. The molecule has 0 spiro atoms. The Labute approximate surface area is 186 Å². The normalized spacial score (nSPS) is 11.0. The van der Waals surface area contributed by atoms with Crippen LogP contribution in [0.2, 0.25) is 0 Å². The maximum Gasteiger partial charge on any atom is 0.303 e. The van der Waals surface area contributed by atoms with E-state index in [0.29, 0.717) is 6.42 Å². The van der Waals surface area contributed by atoms with Crippen LogP contribution >= 0.6 is 0 Å². The van der Waals surface area contributed by atoms with E-state index in [1.54, 1.807) is 0 Å². The molecule has 0 bridgehead atoms. The zero-order valence-corrected chi connectivity index (χ0v) is 18.9. The van der Waals surface area contributed by atoms with E-state index >= 15 is 0 Å². The Morgan fingerprint density at radius 3 is 2.03 bits per heavy atom. The molecule has 5 nitrogen and oxygen atoms in total. The standard InChI is InChI=1S/C26H36N2O3/c1-28(2)24-16-12-22(13-17-24)21-27-23-14-18-25(19-15-23)31-20-10-8-6-4-3-5-7-9-11-26(29)30/h12-19,21H,3-11,20H2,1-2H3,(H,29,30). The zero-order chi connectivity index (χ0) is 22.3. The largest absolute Gasteiger partial charge is 0.494 e. The van der Waals surface area contributed by atoms with Crippen LogP contribution in [0, 0.1) is 0 Å². The van der Waals surface area contributed by atoms with Crippen LogP contribution in [0.25, 0.3) is 0 Å². The molecule has 0 aliphatic rings. The molecule has 0 saturated carbocycles. The maximum atomic E-state index is 10.4. The molecule has 0 atom stereocenters. The molecule has 0 fully saturated rings. The second-order valence-corrected chi connectivity index (χ2v) is 8.06. The fourth-order valence-corrected chi connectivity index (χ4v) is 3.26. The fraction of sp³-hybridized carbons (Fsp3) is 0.462. The number of carbonyl (C=O) groups is 1. The smallest absolute Gasteiger partial charge is 0.303 e. The molecule has 2 rings (SSSR count). The summed E-state index contributed by atoms with van der Waals surface area (Å²) in [6.45, 7) is 0.736. The lowest BCUT2D eigenvalue weighted by Gasteiger charge is -2.11. The molecule has 2 aromatic carbocycles. The lowest BCUT2D eigenvalue weighted by atomic mass is 10.1. The molecule has 0 saturated heterocycles. The molecule has 168 valence electrons. The minimum atomic E-state index is -0.687. The van der Waals surface area contributed by atoms with Gasteiger partial charge in [-0.3, -0.25) is 9.79 Å². The highest BCUT2D eigenvalue weighted by molar-refractivity contribution is 5.82. The zero-order valence-electron chi connectivity index (χ0n) is 18.9. The lowest BCUT2D eigenvalue weighted by molar-refractivity contribution is -0.137. The van der Waals surface area contributed by atoms with E-state index in [1.165, 1.54) is 31.4 Å². The van der Waals surface area contributed by atoms with Gasteiger partial charge in [-0.25, -0.2) is 0 Å². The van der Waals surface area contributed by atoms with Crippen LogP contribution in [0.5, 0.6) is 5.75 Å². The molecular weight excluding hydrogens is 388 g/mol. The second-order valence-electron chi connectivity index (χ2n) is 8.06. The number of rotatable bonds is 15. The van der Waals surface area contributed by atoms with Gasteiger partial charge in [0, 0.05) is 32.4 Å². The number of unbranched alkanes of at least 4 members (excludes halogenated alkanes) is 7. The summed E-state index contributed by atoms with van der Waals surface area (Å²) in [6.07, 6.45) is 11.0. The number of hydrogen-bond acceptors (Lipinski definition) is 4. The topological polar surface area (TPSA) is 62.1 Å². The summed E-state index contributed by atoms with van der Waals surface area (Å²) in [5, 5.41) is 8.60. The number of benzene rings is 2. The highest BCUT2D eigenvalue weighted by Gasteiger charge is 1.98. The number of aliphatic imine (C=N–C) groups is 1. The van der Waals surface area contributed by atoms with Gasteiger partial charge in [0.05, 0.1) is 12.3 Å². The van der Waals surface area contributed by atoms with Crippen LogP contribution < -0.4 is 9.64 Å². The van der Waals surface area contributed by atoms with Gasteiger partial charge in [0.2, 0.25) is 0 Å². The maximum absolute atomic E-state index is 10.4. The minimum Gasteiger partial charge on any atom is -0.494 e. The van der Waals surface area contributed by atoms with E-state index in [1.807, 2.05) is 44.6 Å². The predicted octanol–water partition coefficient (Wildman–Crippen LogP) is 6.48. The minimum absolute atomic E-state index is 0.301. The van der Waals surface area contributed by atoms with Crippen molar-refractivity contribution in [2.24, 2.45) is 4.99 Å². The van der Waals surface area contributed by atoms with E-state index in [0.717, 1.165) is 49.3 Å². The van der Waals surface area contributed by atoms with Crippen LogP contribution in [0.15, 0.2) is 53.5 Å². The number of ether oxygens (including phenoxy) is 1. The van der Waals surface area contributed by atoms with Crippen LogP contribution in [0.1, 0.15) is 63.4 Å². The number of anilines is 1. The van der Waals surface area contributed by atoms with Gasteiger partial charge in [-0.15, -0.1) is 0 Å². The third-order valence-corrected chi connectivity index (χ3v) is 5.16. The molecule has 0 radical (unpaired) electrons. The summed E-state index contributed by atoms with van der Waals surface area (Å²) in [5.74, 6) is 0.195. The highest BCUT2D eigenvalue weighted by Crippen LogP contribution is 2.19. The van der Waals surface area contributed by atoms with E-state index in [4.69, 9.17) is 9.84 Å². The molecule has 1 N–H and O–H groups in total. The molecular formula is C26H36N2O3. The van der Waals surface area contributed by atoms with Crippen LogP contribution in [0.3, 0.4) is 0 Å². The lowest BCUT2D eigenvalue weighted by Crippen LogP contribution is -2.08. The van der Waals surface area contributed by atoms with Crippen molar-refractivity contribution in [3.8, 4) is 5.75 Å². The van der Waals surface area contributed by atoms with Crippen molar-refractivity contribution in [3.05, 3.63) is 54.1 Å². The van der Waals surface area contributed by atoms with Crippen molar-refractivity contribution in [3.63, 3.8) is 0 Å². The summed E-state index contributed by atoms with van der Waals surface area (Å²) >= 11 is 0. The molecule has 2 aromatic rings. The van der Waals surface area contributed by atoms with Gasteiger partial charge in [0.15, 0.2) is 0 Å². The first-order valence-corrected chi connectivity index (χ1v) is 11.3. The Morgan fingerprint density at radius 2 is 1.45 bits per heavy atom. The SMILES string of the molecule is CN(C)c1ccc(C=Nc2ccc(OCCCCCCCCCCC(=O)O)cc2)cc1. The Kier molecular flexibility index (Phi) is 11.2. The van der Waals surface area contributed by atoms with E-state index in [2.05, 4.69) is 34.2 Å². The quantitative estimate of drug-likeness (QED) is 0.263. The van der Waals surface area contributed by atoms with Crippen molar-refractivity contribution in [2.75, 3.05) is 25.6 Å². The van der Waals surface area contributed by atoms with Crippen LogP contribution in [-0.4, -0.2) is 38.0 Å². The van der Waals surface area contributed by atoms with Gasteiger partial charge >= 0.3 is 5.97 Å². The van der Waals surface area contributed by atoms with Crippen molar-refractivity contribution in [1.82, 2.24) is 0 Å². The first-order valence-electron chi connectivity index (χ1n) is 11.3. The molecule has 0 aliphatic heterocycles. The molecule has 0 amide bonds. The summed E-state index contributed by atoms with van der Waals surface area (Å²) in [6, 6.07) is 16.2. The molecule has 0 unspecified atom stereocenters. The second kappa shape index (κ2) is 14.2. The Bertz CT molecular complexity index is 783. The van der Waals surface area contributed by atoms with Crippen LogP contribution in [-0.2, 0) is 4.79 Å². The van der Waals surface area contributed by atoms with Gasteiger partial charge in [-0.05, 0) is 54.8 Å². The molecule has 5 heteroatoms. The average molecular weight is 425 g/mol. The molecule has 31 heavy (non-hydrogen) atoms. The van der Waals surface area contributed by atoms with Gasteiger partial charge in [-0.2, -0.15) is 0 Å². The van der Waals surface area contributed by atoms with Crippen molar-refractivity contribution >= 4 is 23.6 Å². The Morgan fingerprint density at radius 1 is 0.871 bits per heavy atom. The van der Waals surface area contributed by atoms with Crippen LogP contribution in [0.4, 0.5) is 11.4 Å². The molecule has 0 heterocycles. The average Bonchev–Trinajstić information content (AvgIpc) is 2.77. The highest BCUT2D eigenvalue weighted by atomic mass is 16.5. The predicted molar refractivity (Wildman–Crippen MR) is 129 cm³/mol. The third kappa shape index (κ3) is 10.7. The first-order chi connectivity index (χ1) is 15.0. The summed E-state index contributed by atoms with van der Waals surface area (Å²) in [4.78, 5) is 17.1. The Balaban J connectivity index is 1.56. The van der Waals surface area contributed by atoms with E-state index in [-0.39, 0.29) is 0 Å². The monoisotopic (exact) mass is 424 g/mol. The summed E-state index contributed by atoms with van der Waals surface area (Å²) in [7, 11) is 4.06. The number of nitrogens with zero attached hydrogens (tertiary/aromatic N) is 2. The first kappa shape index (κ1) is 24.4. The molecule has 0 aliphatic carbocycles. The number of carboxylic acid groups (broad SMARTS) is 1. The summed E-state index contributed by atoms with van der Waals surface area (Å²) < 4.78 is 5.83. The van der Waals surface area contributed by atoms with Crippen molar-refractivity contribution < 1.29 is 14.6 Å². The van der Waals surface area contributed by atoms with Gasteiger partial charge < -0.3 is 14.7 Å². The van der Waals surface area contributed by atoms with Gasteiger partial charge in [0.25, 0.3) is 0 Å². The van der Waals surface area contributed by atoms with Gasteiger partial charge in [0.1, 0.15) is 5.75 Å². The number of hydrogen-bond donors (Lipinski definition) is 1. The third-order valence-electron chi connectivity index (χ3n) is 5.16. The Hall–Kier alpha value is -2.82.